The van der Waals surface area contributed by atoms with Gasteiger partial charge in [0.15, 0.2) is 11.6 Å². The molecule has 0 saturated carbocycles. The predicted octanol–water partition coefficient (Wildman–Crippen LogP) is 3.82. The Hall–Kier alpha value is -2.49. The van der Waals surface area contributed by atoms with Gasteiger partial charge in [0, 0.05) is 22.5 Å². The second-order valence-electron chi connectivity index (χ2n) is 6.21. The van der Waals surface area contributed by atoms with E-state index in [1.54, 1.807) is 0 Å². The average Bonchev–Trinajstić information content (AvgIpc) is 2.93. The number of hydrogen-bond acceptors (Lipinski definition) is 3. The lowest BCUT2D eigenvalue weighted by molar-refractivity contribution is 0.648. The molecule has 2 heterocycles. The summed E-state index contributed by atoms with van der Waals surface area (Å²) in [4.78, 5) is 9.74. The SMILES string of the molecule is Cc1cc(C)n(-c2nc(-c3ccccc3)nc3c2CCCC3)n1. The number of fused-ring (bicyclic) bond motifs is 1. The second kappa shape index (κ2) is 5.61. The third-order valence-corrected chi connectivity index (χ3v) is 4.40. The number of rotatable bonds is 2. The average molecular weight is 304 g/mol. The van der Waals surface area contributed by atoms with Crippen molar-refractivity contribution in [2.24, 2.45) is 0 Å². The molecule has 1 aliphatic carbocycles. The molecule has 0 saturated heterocycles. The van der Waals surface area contributed by atoms with Gasteiger partial charge in [0.2, 0.25) is 0 Å². The molecule has 0 N–H and O–H groups in total. The van der Waals surface area contributed by atoms with Crippen LogP contribution in [0.15, 0.2) is 36.4 Å². The van der Waals surface area contributed by atoms with Crippen LogP contribution in [0, 0.1) is 13.8 Å². The van der Waals surface area contributed by atoms with Gasteiger partial charge in [-0.2, -0.15) is 5.10 Å². The smallest absolute Gasteiger partial charge is 0.161 e. The Bertz CT molecular complexity index is 849. The fraction of sp³-hybridized carbons (Fsp3) is 0.316. The van der Waals surface area contributed by atoms with Gasteiger partial charge in [-0.1, -0.05) is 30.3 Å². The van der Waals surface area contributed by atoms with Crippen LogP contribution in [0.4, 0.5) is 0 Å². The molecule has 0 atom stereocenters. The van der Waals surface area contributed by atoms with Crippen molar-refractivity contribution in [3.8, 4) is 17.2 Å². The Morgan fingerprint density at radius 2 is 1.74 bits per heavy atom. The van der Waals surface area contributed by atoms with Crippen molar-refractivity contribution >= 4 is 0 Å². The van der Waals surface area contributed by atoms with Crippen LogP contribution in [0.1, 0.15) is 35.5 Å². The highest BCUT2D eigenvalue weighted by Crippen LogP contribution is 2.28. The topological polar surface area (TPSA) is 43.6 Å². The highest BCUT2D eigenvalue weighted by atomic mass is 15.3. The molecule has 4 heteroatoms. The largest absolute Gasteiger partial charge is 0.233 e. The van der Waals surface area contributed by atoms with Gasteiger partial charge in [0.05, 0.1) is 5.69 Å². The summed E-state index contributed by atoms with van der Waals surface area (Å²) in [6.07, 6.45) is 4.48. The van der Waals surface area contributed by atoms with Crippen molar-refractivity contribution in [2.75, 3.05) is 0 Å². The van der Waals surface area contributed by atoms with Crippen molar-refractivity contribution in [3.05, 3.63) is 59.0 Å². The molecule has 116 valence electrons. The third-order valence-electron chi connectivity index (χ3n) is 4.40. The Balaban J connectivity index is 1.95. The second-order valence-corrected chi connectivity index (χ2v) is 6.21. The minimum atomic E-state index is 0.800. The minimum Gasteiger partial charge on any atom is -0.233 e. The number of benzene rings is 1. The molecule has 0 aliphatic heterocycles. The van der Waals surface area contributed by atoms with Crippen molar-refractivity contribution in [1.29, 1.82) is 0 Å². The number of aryl methyl sites for hydroxylation is 3. The summed E-state index contributed by atoms with van der Waals surface area (Å²) in [5.74, 6) is 1.76. The van der Waals surface area contributed by atoms with Crippen molar-refractivity contribution < 1.29 is 0 Å². The van der Waals surface area contributed by atoms with E-state index in [0.29, 0.717) is 0 Å². The fourth-order valence-electron chi connectivity index (χ4n) is 3.31. The van der Waals surface area contributed by atoms with Crippen LogP contribution in [0.25, 0.3) is 17.2 Å². The number of hydrogen-bond donors (Lipinski definition) is 0. The van der Waals surface area contributed by atoms with Crippen LogP contribution in [-0.4, -0.2) is 19.7 Å². The van der Waals surface area contributed by atoms with Crippen LogP contribution >= 0.6 is 0 Å². The van der Waals surface area contributed by atoms with Gasteiger partial charge in [-0.25, -0.2) is 14.6 Å². The molecule has 0 radical (unpaired) electrons. The maximum Gasteiger partial charge on any atom is 0.161 e. The van der Waals surface area contributed by atoms with E-state index < -0.39 is 0 Å². The number of nitrogens with zero attached hydrogens (tertiary/aromatic N) is 4. The summed E-state index contributed by atoms with van der Waals surface area (Å²) in [6.45, 7) is 4.11. The van der Waals surface area contributed by atoms with Crippen LogP contribution < -0.4 is 0 Å². The zero-order valence-corrected chi connectivity index (χ0v) is 13.6. The Labute approximate surface area is 136 Å². The lowest BCUT2D eigenvalue weighted by atomic mass is 9.96. The molecule has 0 spiro atoms. The van der Waals surface area contributed by atoms with Gasteiger partial charge >= 0.3 is 0 Å². The number of aromatic nitrogens is 4. The molecular formula is C19H20N4. The van der Waals surface area contributed by atoms with Crippen molar-refractivity contribution in [2.45, 2.75) is 39.5 Å². The molecule has 0 fully saturated rings. The normalized spacial score (nSPS) is 13.8. The van der Waals surface area contributed by atoms with E-state index in [0.717, 1.165) is 41.4 Å². The fourth-order valence-corrected chi connectivity index (χ4v) is 3.31. The monoisotopic (exact) mass is 304 g/mol. The zero-order chi connectivity index (χ0) is 15.8. The Morgan fingerprint density at radius 1 is 0.957 bits per heavy atom. The maximum absolute atomic E-state index is 4.89. The maximum atomic E-state index is 4.89. The minimum absolute atomic E-state index is 0.800. The summed E-state index contributed by atoms with van der Waals surface area (Å²) in [6, 6.07) is 12.3. The van der Waals surface area contributed by atoms with E-state index >= 15 is 0 Å². The van der Waals surface area contributed by atoms with E-state index in [1.807, 2.05) is 29.8 Å². The van der Waals surface area contributed by atoms with Gasteiger partial charge in [0.1, 0.15) is 0 Å². The van der Waals surface area contributed by atoms with Crippen LogP contribution in [-0.2, 0) is 12.8 Å². The lowest BCUT2D eigenvalue weighted by Gasteiger charge is -2.19. The molecule has 4 rings (SSSR count). The Kier molecular flexibility index (Phi) is 3.45. The van der Waals surface area contributed by atoms with Crippen molar-refractivity contribution in [3.63, 3.8) is 0 Å². The standard InChI is InChI=1S/C19H20N4/c1-13-12-14(2)23(22-13)19-16-10-6-7-11-17(16)20-18(21-19)15-8-4-3-5-9-15/h3-5,8-9,12H,6-7,10-11H2,1-2H3. The lowest BCUT2D eigenvalue weighted by Crippen LogP contribution is -2.15. The zero-order valence-electron chi connectivity index (χ0n) is 13.6. The van der Waals surface area contributed by atoms with E-state index in [4.69, 9.17) is 9.97 Å². The van der Waals surface area contributed by atoms with E-state index in [-0.39, 0.29) is 0 Å². The Morgan fingerprint density at radius 3 is 2.48 bits per heavy atom. The molecule has 1 aliphatic rings. The molecule has 0 bridgehead atoms. The van der Waals surface area contributed by atoms with Gasteiger partial charge in [-0.05, 0) is 45.6 Å². The van der Waals surface area contributed by atoms with Crippen LogP contribution in [0.3, 0.4) is 0 Å². The highest BCUT2D eigenvalue weighted by molar-refractivity contribution is 5.57. The first-order chi connectivity index (χ1) is 11.2. The summed E-state index contributed by atoms with van der Waals surface area (Å²) < 4.78 is 1.98. The molecule has 0 unspecified atom stereocenters. The molecule has 4 nitrogen and oxygen atoms in total. The molecular weight excluding hydrogens is 284 g/mol. The quantitative estimate of drug-likeness (QED) is 0.723. The molecule has 23 heavy (non-hydrogen) atoms. The summed E-state index contributed by atoms with van der Waals surface area (Å²) in [5, 5.41) is 4.65. The van der Waals surface area contributed by atoms with Gasteiger partial charge < -0.3 is 0 Å². The summed E-state index contributed by atoms with van der Waals surface area (Å²) in [7, 11) is 0. The van der Waals surface area contributed by atoms with Gasteiger partial charge in [-0.15, -0.1) is 0 Å². The van der Waals surface area contributed by atoms with Crippen LogP contribution in [0.5, 0.6) is 0 Å². The predicted molar refractivity (Wildman–Crippen MR) is 90.7 cm³/mol. The van der Waals surface area contributed by atoms with Gasteiger partial charge in [0.25, 0.3) is 0 Å². The molecule has 2 aromatic heterocycles. The molecule has 1 aromatic carbocycles. The van der Waals surface area contributed by atoms with E-state index in [1.165, 1.54) is 24.1 Å². The van der Waals surface area contributed by atoms with E-state index in [2.05, 4.69) is 30.2 Å². The first-order valence-electron chi connectivity index (χ1n) is 8.21. The van der Waals surface area contributed by atoms with Crippen molar-refractivity contribution in [1.82, 2.24) is 19.7 Å². The third kappa shape index (κ3) is 2.54. The highest BCUT2D eigenvalue weighted by Gasteiger charge is 2.21. The van der Waals surface area contributed by atoms with Crippen LogP contribution in [0.2, 0.25) is 0 Å². The van der Waals surface area contributed by atoms with E-state index in [9.17, 15) is 0 Å². The summed E-state index contributed by atoms with van der Waals surface area (Å²) >= 11 is 0. The molecule has 0 amide bonds. The van der Waals surface area contributed by atoms with Gasteiger partial charge in [-0.3, -0.25) is 0 Å². The molecule has 3 aromatic rings. The first kappa shape index (κ1) is 14.1. The summed E-state index contributed by atoms with van der Waals surface area (Å²) in [5.41, 5.74) is 5.65. The first-order valence-corrected chi connectivity index (χ1v) is 8.21.